The fourth-order valence-corrected chi connectivity index (χ4v) is 0.641. The van der Waals surface area contributed by atoms with Crippen molar-refractivity contribution >= 4 is 12.2 Å². The molecule has 7 heteroatoms. The van der Waals surface area contributed by atoms with Gasteiger partial charge < -0.3 is 26.2 Å². The third kappa shape index (κ3) is 10.5. The maximum atomic E-state index is 9.95. The van der Waals surface area contributed by atoms with Crippen molar-refractivity contribution in [2.75, 3.05) is 26.2 Å². The van der Waals surface area contributed by atoms with Crippen molar-refractivity contribution in [3.63, 3.8) is 0 Å². The Kier molecular flexibility index (Phi) is 6.34. The lowest BCUT2D eigenvalue weighted by Crippen LogP contribution is -2.35. The Bertz CT molecular complexity index is 155. The summed E-state index contributed by atoms with van der Waals surface area (Å²) in [6.45, 7) is 1.58. The van der Waals surface area contributed by atoms with Crippen molar-refractivity contribution in [1.82, 2.24) is 16.0 Å². The molecule has 0 aliphatic rings. The van der Waals surface area contributed by atoms with Crippen molar-refractivity contribution < 1.29 is 19.8 Å². The molecule has 76 valence electrons. The van der Waals surface area contributed by atoms with Crippen LogP contribution in [0.4, 0.5) is 9.59 Å². The van der Waals surface area contributed by atoms with Crippen LogP contribution in [0.5, 0.6) is 0 Å². The van der Waals surface area contributed by atoms with E-state index < -0.39 is 12.2 Å². The number of rotatable bonds is 6. The Morgan fingerprint density at radius 3 is 1.54 bits per heavy atom. The van der Waals surface area contributed by atoms with Crippen LogP contribution in [-0.2, 0) is 0 Å². The lowest BCUT2D eigenvalue weighted by atomic mass is 10.5. The maximum absolute atomic E-state index is 9.95. The van der Waals surface area contributed by atoms with Gasteiger partial charge in [0.1, 0.15) is 0 Å². The van der Waals surface area contributed by atoms with Crippen molar-refractivity contribution in [2.45, 2.75) is 0 Å². The molecule has 0 heterocycles. The molecule has 0 spiro atoms. The predicted molar refractivity (Wildman–Crippen MR) is 44.9 cm³/mol. The van der Waals surface area contributed by atoms with E-state index in [4.69, 9.17) is 10.2 Å². The second-order valence-corrected chi connectivity index (χ2v) is 2.21. The molecule has 2 amide bonds. The molecular weight excluding hydrogens is 178 g/mol. The lowest BCUT2D eigenvalue weighted by Gasteiger charge is -2.03. The fraction of sp³-hybridized carbons (Fsp3) is 0.667. The van der Waals surface area contributed by atoms with E-state index in [1.54, 1.807) is 0 Å². The zero-order valence-electron chi connectivity index (χ0n) is 7.04. The molecule has 0 saturated carbocycles. The van der Waals surface area contributed by atoms with Crippen LogP contribution in [0.3, 0.4) is 0 Å². The molecule has 0 aliphatic heterocycles. The summed E-state index contributed by atoms with van der Waals surface area (Å²) in [6, 6.07) is 0. The van der Waals surface area contributed by atoms with E-state index in [0.717, 1.165) is 0 Å². The average molecular weight is 191 g/mol. The van der Waals surface area contributed by atoms with E-state index in [9.17, 15) is 9.59 Å². The van der Waals surface area contributed by atoms with Crippen LogP contribution in [0, 0.1) is 0 Å². The summed E-state index contributed by atoms with van der Waals surface area (Å²) in [5.41, 5.74) is 0. The summed E-state index contributed by atoms with van der Waals surface area (Å²) in [5, 5.41) is 23.5. The Morgan fingerprint density at radius 2 is 1.23 bits per heavy atom. The lowest BCUT2D eigenvalue weighted by molar-refractivity contribution is 0.194. The first-order chi connectivity index (χ1) is 6.13. The van der Waals surface area contributed by atoms with E-state index in [1.807, 2.05) is 0 Å². The molecule has 0 aromatic heterocycles. The van der Waals surface area contributed by atoms with Crippen molar-refractivity contribution in [3.8, 4) is 0 Å². The van der Waals surface area contributed by atoms with Crippen LogP contribution < -0.4 is 16.0 Å². The highest BCUT2D eigenvalue weighted by molar-refractivity contribution is 5.64. The second-order valence-electron chi connectivity index (χ2n) is 2.21. The molecule has 0 saturated heterocycles. The van der Waals surface area contributed by atoms with Gasteiger partial charge in [-0.2, -0.15) is 0 Å². The predicted octanol–water partition coefficient (Wildman–Crippen LogP) is -0.889. The largest absolute Gasteiger partial charge is 0.465 e. The standard InChI is InChI=1S/C6H13N3O4/c10-5(11)8-3-1-7-2-4-9-6(12)13/h7-9H,1-4H2,(H,10,11)(H,12,13). The topological polar surface area (TPSA) is 111 Å². The van der Waals surface area contributed by atoms with Gasteiger partial charge in [-0.25, -0.2) is 9.59 Å². The third-order valence-corrected chi connectivity index (χ3v) is 1.16. The van der Waals surface area contributed by atoms with E-state index in [2.05, 4.69) is 16.0 Å². The zero-order chi connectivity index (χ0) is 10.1. The molecule has 0 radical (unpaired) electrons. The Morgan fingerprint density at radius 1 is 0.846 bits per heavy atom. The molecule has 0 aromatic rings. The Labute approximate surface area is 75.1 Å². The molecule has 13 heavy (non-hydrogen) atoms. The van der Waals surface area contributed by atoms with Crippen molar-refractivity contribution in [1.29, 1.82) is 0 Å². The van der Waals surface area contributed by atoms with Gasteiger partial charge in [0.15, 0.2) is 0 Å². The molecule has 0 aliphatic carbocycles. The van der Waals surface area contributed by atoms with E-state index in [-0.39, 0.29) is 0 Å². The van der Waals surface area contributed by atoms with Gasteiger partial charge in [-0.3, -0.25) is 0 Å². The van der Waals surface area contributed by atoms with Gasteiger partial charge in [0, 0.05) is 26.2 Å². The van der Waals surface area contributed by atoms with Crippen LogP contribution >= 0.6 is 0 Å². The van der Waals surface area contributed by atoms with Gasteiger partial charge in [0.05, 0.1) is 0 Å². The molecule has 5 N–H and O–H groups in total. The molecule has 0 aromatic carbocycles. The minimum Gasteiger partial charge on any atom is -0.465 e. The van der Waals surface area contributed by atoms with Crippen molar-refractivity contribution in [3.05, 3.63) is 0 Å². The van der Waals surface area contributed by atoms with E-state index in [1.165, 1.54) is 0 Å². The van der Waals surface area contributed by atoms with Gasteiger partial charge >= 0.3 is 12.2 Å². The smallest absolute Gasteiger partial charge is 0.404 e. The number of amides is 2. The first-order valence-electron chi connectivity index (χ1n) is 3.77. The minimum absolute atomic E-state index is 0.308. The number of nitrogens with one attached hydrogen (secondary N) is 3. The average Bonchev–Trinajstić information content (AvgIpc) is 2.01. The number of hydrogen-bond acceptors (Lipinski definition) is 3. The van der Waals surface area contributed by atoms with Crippen LogP contribution in [-0.4, -0.2) is 48.6 Å². The third-order valence-electron chi connectivity index (χ3n) is 1.16. The molecular formula is C6H13N3O4. The number of carbonyl (C=O) groups is 2. The SMILES string of the molecule is O=C(O)NCCNCCNC(=O)O. The van der Waals surface area contributed by atoms with Crippen LogP contribution in [0.1, 0.15) is 0 Å². The Hall–Kier alpha value is -1.50. The van der Waals surface area contributed by atoms with Crippen LogP contribution in [0.2, 0.25) is 0 Å². The summed E-state index contributed by atoms with van der Waals surface area (Å²) < 4.78 is 0. The molecule has 0 rings (SSSR count). The summed E-state index contributed by atoms with van der Waals surface area (Å²) in [7, 11) is 0. The summed E-state index contributed by atoms with van der Waals surface area (Å²) >= 11 is 0. The number of carboxylic acid groups (broad SMARTS) is 2. The van der Waals surface area contributed by atoms with Gasteiger partial charge in [-0.05, 0) is 0 Å². The fourth-order valence-electron chi connectivity index (χ4n) is 0.641. The summed E-state index contributed by atoms with van der Waals surface area (Å²) in [4.78, 5) is 19.9. The Balaban J connectivity index is 3.00. The molecule has 7 nitrogen and oxygen atoms in total. The molecule has 0 unspecified atom stereocenters. The highest BCUT2D eigenvalue weighted by atomic mass is 16.4. The van der Waals surface area contributed by atoms with Gasteiger partial charge in [0.25, 0.3) is 0 Å². The molecule has 0 bridgehead atoms. The summed E-state index contributed by atoms with van der Waals surface area (Å²) in [5.74, 6) is 0. The zero-order valence-corrected chi connectivity index (χ0v) is 7.04. The summed E-state index contributed by atoms with van der Waals surface area (Å²) in [6.07, 6.45) is -2.13. The van der Waals surface area contributed by atoms with Gasteiger partial charge in [0.2, 0.25) is 0 Å². The second kappa shape index (κ2) is 7.17. The monoisotopic (exact) mass is 191 g/mol. The normalized spacial score (nSPS) is 9.23. The highest BCUT2D eigenvalue weighted by Crippen LogP contribution is 1.63. The van der Waals surface area contributed by atoms with E-state index in [0.29, 0.717) is 26.2 Å². The highest BCUT2D eigenvalue weighted by Gasteiger charge is 1.93. The minimum atomic E-state index is -1.06. The first kappa shape index (κ1) is 11.5. The molecule has 0 atom stereocenters. The molecule has 0 fully saturated rings. The van der Waals surface area contributed by atoms with Gasteiger partial charge in [-0.1, -0.05) is 0 Å². The van der Waals surface area contributed by atoms with Crippen molar-refractivity contribution in [2.24, 2.45) is 0 Å². The first-order valence-corrected chi connectivity index (χ1v) is 3.77. The van der Waals surface area contributed by atoms with Gasteiger partial charge in [-0.15, -0.1) is 0 Å². The maximum Gasteiger partial charge on any atom is 0.404 e. The van der Waals surface area contributed by atoms with E-state index >= 15 is 0 Å². The quantitative estimate of drug-likeness (QED) is 0.350. The number of hydrogen-bond donors (Lipinski definition) is 5. The van der Waals surface area contributed by atoms with Crippen LogP contribution in [0.15, 0.2) is 0 Å². The van der Waals surface area contributed by atoms with Crippen LogP contribution in [0.25, 0.3) is 0 Å².